The SMILES string of the molecule is Cc1ccc(Br)c(C(=O)c2ccc(F)c(F)c2)c1. The Morgan fingerprint density at radius 2 is 1.78 bits per heavy atom. The van der Waals surface area contributed by atoms with Crippen LogP contribution in [0.4, 0.5) is 8.78 Å². The van der Waals surface area contributed by atoms with Crippen LogP contribution in [0.3, 0.4) is 0 Å². The van der Waals surface area contributed by atoms with E-state index < -0.39 is 11.6 Å². The molecule has 0 radical (unpaired) electrons. The molecule has 2 aromatic rings. The molecule has 0 aliphatic rings. The summed E-state index contributed by atoms with van der Waals surface area (Å²) < 4.78 is 26.5. The van der Waals surface area contributed by atoms with Crippen molar-refractivity contribution in [2.75, 3.05) is 0 Å². The molecule has 2 aromatic carbocycles. The average molecular weight is 311 g/mol. The summed E-state index contributed by atoms with van der Waals surface area (Å²) in [4.78, 5) is 12.2. The maximum absolute atomic E-state index is 13.1. The van der Waals surface area contributed by atoms with Crippen molar-refractivity contribution in [2.24, 2.45) is 0 Å². The number of carbonyl (C=O) groups is 1. The highest BCUT2D eigenvalue weighted by Crippen LogP contribution is 2.22. The van der Waals surface area contributed by atoms with Gasteiger partial charge in [-0.3, -0.25) is 4.79 Å². The molecular formula is C14H9BrF2O. The van der Waals surface area contributed by atoms with Crippen molar-refractivity contribution < 1.29 is 13.6 Å². The van der Waals surface area contributed by atoms with E-state index in [-0.39, 0.29) is 11.3 Å². The summed E-state index contributed by atoms with van der Waals surface area (Å²) in [6.45, 7) is 1.86. The number of ketones is 1. The predicted octanol–water partition coefficient (Wildman–Crippen LogP) is 4.27. The lowest BCUT2D eigenvalue weighted by Gasteiger charge is -2.05. The molecule has 0 amide bonds. The van der Waals surface area contributed by atoms with Gasteiger partial charge >= 0.3 is 0 Å². The van der Waals surface area contributed by atoms with Gasteiger partial charge in [-0.2, -0.15) is 0 Å². The highest BCUT2D eigenvalue weighted by atomic mass is 79.9. The molecule has 0 aliphatic carbocycles. The predicted molar refractivity (Wildman–Crippen MR) is 68.7 cm³/mol. The van der Waals surface area contributed by atoms with Crippen molar-refractivity contribution in [3.8, 4) is 0 Å². The van der Waals surface area contributed by atoms with Crippen LogP contribution in [0.1, 0.15) is 21.5 Å². The van der Waals surface area contributed by atoms with Gasteiger partial charge in [0.2, 0.25) is 0 Å². The Labute approximate surface area is 112 Å². The number of benzene rings is 2. The van der Waals surface area contributed by atoms with E-state index in [0.717, 1.165) is 17.7 Å². The number of carbonyl (C=O) groups excluding carboxylic acids is 1. The third-order valence-corrected chi connectivity index (χ3v) is 3.24. The van der Waals surface area contributed by atoms with Gasteiger partial charge in [-0.25, -0.2) is 8.78 Å². The standard InChI is InChI=1S/C14H9BrF2O/c1-8-2-4-11(15)10(6-8)14(18)9-3-5-12(16)13(17)7-9/h2-7H,1H3. The minimum absolute atomic E-state index is 0.125. The van der Waals surface area contributed by atoms with Crippen LogP contribution in [0.2, 0.25) is 0 Å². The van der Waals surface area contributed by atoms with E-state index in [0.29, 0.717) is 10.0 Å². The van der Waals surface area contributed by atoms with Gasteiger partial charge in [0.05, 0.1) is 0 Å². The smallest absolute Gasteiger partial charge is 0.194 e. The Bertz CT molecular complexity index is 623. The Balaban J connectivity index is 2.47. The van der Waals surface area contributed by atoms with E-state index >= 15 is 0 Å². The molecule has 0 unspecified atom stereocenters. The van der Waals surface area contributed by atoms with Crippen molar-refractivity contribution in [3.05, 3.63) is 69.2 Å². The lowest BCUT2D eigenvalue weighted by atomic mass is 10.0. The summed E-state index contributed by atoms with van der Waals surface area (Å²) in [7, 11) is 0. The number of aryl methyl sites for hydroxylation is 1. The minimum Gasteiger partial charge on any atom is -0.289 e. The van der Waals surface area contributed by atoms with Crippen LogP contribution in [-0.2, 0) is 0 Å². The molecule has 0 fully saturated rings. The molecular weight excluding hydrogens is 302 g/mol. The average Bonchev–Trinajstić information content (AvgIpc) is 2.35. The summed E-state index contributed by atoms with van der Waals surface area (Å²) in [5, 5.41) is 0. The second-order valence-electron chi connectivity index (χ2n) is 3.94. The van der Waals surface area contributed by atoms with Gasteiger partial charge in [0.15, 0.2) is 17.4 Å². The molecule has 0 heterocycles. The second-order valence-corrected chi connectivity index (χ2v) is 4.80. The van der Waals surface area contributed by atoms with Crippen molar-refractivity contribution in [2.45, 2.75) is 6.92 Å². The van der Waals surface area contributed by atoms with E-state index in [1.54, 1.807) is 12.1 Å². The van der Waals surface area contributed by atoms with Crippen LogP contribution < -0.4 is 0 Å². The first kappa shape index (κ1) is 12.9. The minimum atomic E-state index is -1.02. The zero-order valence-corrected chi connectivity index (χ0v) is 11.1. The highest BCUT2D eigenvalue weighted by molar-refractivity contribution is 9.10. The van der Waals surface area contributed by atoms with Crippen molar-refractivity contribution in [1.82, 2.24) is 0 Å². The zero-order chi connectivity index (χ0) is 13.3. The fraction of sp³-hybridized carbons (Fsp3) is 0.0714. The molecule has 2 rings (SSSR count). The largest absolute Gasteiger partial charge is 0.289 e. The third-order valence-electron chi connectivity index (χ3n) is 2.55. The molecule has 0 aromatic heterocycles. The lowest BCUT2D eigenvalue weighted by molar-refractivity contribution is 0.103. The first-order valence-electron chi connectivity index (χ1n) is 5.25. The molecule has 0 aliphatic heterocycles. The van der Waals surface area contributed by atoms with E-state index in [1.165, 1.54) is 6.07 Å². The molecule has 0 bridgehead atoms. The van der Waals surface area contributed by atoms with Crippen molar-refractivity contribution in [3.63, 3.8) is 0 Å². The van der Waals surface area contributed by atoms with Gasteiger partial charge < -0.3 is 0 Å². The van der Waals surface area contributed by atoms with Crippen LogP contribution in [0.15, 0.2) is 40.9 Å². The number of rotatable bonds is 2. The topological polar surface area (TPSA) is 17.1 Å². The molecule has 18 heavy (non-hydrogen) atoms. The maximum atomic E-state index is 13.1. The molecule has 0 spiro atoms. The van der Waals surface area contributed by atoms with Gasteiger partial charge in [-0.15, -0.1) is 0 Å². The number of halogens is 3. The van der Waals surface area contributed by atoms with Crippen molar-refractivity contribution in [1.29, 1.82) is 0 Å². The van der Waals surface area contributed by atoms with E-state index in [4.69, 9.17) is 0 Å². The van der Waals surface area contributed by atoms with Gasteiger partial charge in [0.1, 0.15) is 0 Å². The Morgan fingerprint density at radius 1 is 1.06 bits per heavy atom. The van der Waals surface area contributed by atoms with Gasteiger partial charge in [-0.05, 0) is 37.3 Å². The summed E-state index contributed by atoms with van der Waals surface area (Å²) in [6, 6.07) is 8.44. The Morgan fingerprint density at radius 3 is 2.44 bits per heavy atom. The lowest BCUT2D eigenvalue weighted by Crippen LogP contribution is -2.04. The molecule has 4 heteroatoms. The van der Waals surface area contributed by atoms with Crippen LogP contribution in [0, 0.1) is 18.6 Å². The van der Waals surface area contributed by atoms with Crippen LogP contribution in [0.5, 0.6) is 0 Å². The summed E-state index contributed by atoms with van der Waals surface area (Å²) in [5.41, 5.74) is 1.48. The van der Waals surface area contributed by atoms with Crippen LogP contribution >= 0.6 is 15.9 Å². The summed E-state index contributed by atoms with van der Waals surface area (Å²) >= 11 is 3.27. The van der Waals surface area contributed by atoms with Crippen LogP contribution in [0.25, 0.3) is 0 Å². The Kier molecular flexibility index (Phi) is 3.57. The number of hydrogen-bond donors (Lipinski definition) is 0. The highest BCUT2D eigenvalue weighted by Gasteiger charge is 2.14. The normalized spacial score (nSPS) is 10.4. The number of hydrogen-bond acceptors (Lipinski definition) is 1. The van der Waals surface area contributed by atoms with Gasteiger partial charge in [0, 0.05) is 15.6 Å². The Hall–Kier alpha value is -1.55. The zero-order valence-electron chi connectivity index (χ0n) is 9.51. The summed E-state index contributed by atoms with van der Waals surface area (Å²) in [6.07, 6.45) is 0. The van der Waals surface area contributed by atoms with E-state index in [9.17, 15) is 13.6 Å². The van der Waals surface area contributed by atoms with Crippen molar-refractivity contribution >= 4 is 21.7 Å². The van der Waals surface area contributed by atoms with E-state index in [1.807, 2.05) is 13.0 Å². The monoisotopic (exact) mass is 310 g/mol. The first-order valence-corrected chi connectivity index (χ1v) is 6.04. The first-order chi connectivity index (χ1) is 8.49. The van der Waals surface area contributed by atoms with E-state index in [2.05, 4.69) is 15.9 Å². The van der Waals surface area contributed by atoms with Gasteiger partial charge in [-0.1, -0.05) is 27.6 Å². The quantitative estimate of drug-likeness (QED) is 0.757. The molecule has 0 saturated heterocycles. The third kappa shape index (κ3) is 2.48. The molecule has 0 N–H and O–H groups in total. The fourth-order valence-electron chi connectivity index (χ4n) is 1.61. The summed E-state index contributed by atoms with van der Waals surface area (Å²) in [5.74, 6) is -2.33. The van der Waals surface area contributed by atoms with Crippen LogP contribution in [-0.4, -0.2) is 5.78 Å². The molecule has 0 atom stereocenters. The molecule has 1 nitrogen and oxygen atoms in total. The fourth-order valence-corrected chi connectivity index (χ4v) is 2.03. The molecule has 92 valence electrons. The second kappa shape index (κ2) is 4.98. The van der Waals surface area contributed by atoms with Gasteiger partial charge in [0.25, 0.3) is 0 Å². The molecule has 0 saturated carbocycles. The maximum Gasteiger partial charge on any atom is 0.194 e.